The first-order valence-electron chi connectivity index (χ1n) is 7.20. The van der Waals surface area contributed by atoms with Gasteiger partial charge in [0.05, 0.1) is 25.3 Å². The zero-order valence-corrected chi connectivity index (χ0v) is 13.7. The van der Waals surface area contributed by atoms with Gasteiger partial charge in [-0.25, -0.2) is 4.98 Å². The molecule has 2 aromatic heterocycles. The average molecular weight is 334 g/mol. The lowest BCUT2D eigenvalue weighted by Gasteiger charge is -2.07. The van der Waals surface area contributed by atoms with Gasteiger partial charge in [0.15, 0.2) is 0 Å². The van der Waals surface area contributed by atoms with Crippen LogP contribution in [0.25, 0.3) is 11.3 Å². The highest BCUT2D eigenvalue weighted by atomic mass is 35.5. The van der Waals surface area contributed by atoms with Gasteiger partial charge in [-0.05, 0) is 12.1 Å². The van der Waals surface area contributed by atoms with E-state index in [1.807, 2.05) is 47.6 Å². The van der Waals surface area contributed by atoms with E-state index in [1.54, 1.807) is 13.3 Å². The molecule has 0 unspecified atom stereocenters. The topological polar surface area (TPSA) is 67.8 Å². The van der Waals surface area contributed by atoms with Gasteiger partial charge in [-0.3, -0.25) is 5.10 Å². The molecule has 0 fully saturated rings. The van der Waals surface area contributed by atoms with Crippen molar-refractivity contribution in [3.63, 3.8) is 0 Å². The number of rotatable bonds is 7. The Balaban J connectivity index is 0.00000192. The number of nitrogens with one attached hydrogen (secondary N) is 2. The summed E-state index contributed by atoms with van der Waals surface area (Å²) in [4.78, 5) is 4.03. The maximum absolute atomic E-state index is 5.27. The molecule has 0 spiro atoms. The van der Waals surface area contributed by atoms with Crippen molar-refractivity contribution < 1.29 is 4.74 Å². The van der Waals surface area contributed by atoms with E-state index in [2.05, 4.69) is 20.5 Å². The quantitative estimate of drug-likeness (QED) is 0.652. The predicted molar refractivity (Wildman–Crippen MR) is 91.8 cm³/mol. The molecule has 0 radical (unpaired) electrons. The Morgan fingerprint density at radius 1 is 1.35 bits per heavy atom. The van der Waals surface area contributed by atoms with Crippen molar-refractivity contribution in [2.45, 2.75) is 13.1 Å². The number of halogens is 1. The molecule has 0 atom stereocenters. The standard InChI is InChI=1S/C16H19N5O.ClH/c1-22-15-4-2-3-13(9-15)16-14(11-19-20-16)10-17-5-7-21-8-6-18-12-21;/h2-4,6,8-9,11-12,17H,5,7,10H2,1H3,(H,19,20);1H. The summed E-state index contributed by atoms with van der Waals surface area (Å²) in [6, 6.07) is 7.96. The fraction of sp³-hybridized carbons (Fsp3) is 0.250. The van der Waals surface area contributed by atoms with Crippen LogP contribution < -0.4 is 10.1 Å². The van der Waals surface area contributed by atoms with Crippen LogP contribution in [0.2, 0.25) is 0 Å². The van der Waals surface area contributed by atoms with Gasteiger partial charge >= 0.3 is 0 Å². The van der Waals surface area contributed by atoms with Crippen LogP contribution in [0.4, 0.5) is 0 Å². The molecule has 1 aromatic carbocycles. The number of H-pyrrole nitrogens is 1. The molecule has 2 heterocycles. The fourth-order valence-electron chi connectivity index (χ4n) is 2.32. The SMILES string of the molecule is COc1cccc(-c2[nH]ncc2CNCCn2ccnc2)c1.Cl. The number of ether oxygens (including phenoxy) is 1. The van der Waals surface area contributed by atoms with E-state index in [1.165, 1.54) is 0 Å². The van der Waals surface area contributed by atoms with E-state index >= 15 is 0 Å². The second-order valence-corrected chi connectivity index (χ2v) is 4.98. The Morgan fingerprint density at radius 3 is 3.04 bits per heavy atom. The first-order chi connectivity index (χ1) is 10.9. The van der Waals surface area contributed by atoms with Crippen molar-refractivity contribution in [2.24, 2.45) is 0 Å². The molecule has 2 N–H and O–H groups in total. The molecular weight excluding hydrogens is 314 g/mol. The van der Waals surface area contributed by atoms with Crippen LogP contribution in [-0.2, 0) is 13.1 Å². The predicted octanol–water partition coefficient (Wildman–Crippen LogP) is 2.49. The number of imidazole rings is 1. The van der Waals surface area contributed by atoms with E-state index in [9.17, 15) is 0 Å². The number of hydrogen-bond acceptors (Lipinski definition) is 4. The average Bonchev–Trinajstić information content (AvgIpc) is 3.23. The zero-order chi connectivity index (χ0) is 15.2. The number of benzene rings is 1. The van der Waals surface area contributed by atoms with E-state index in [0.717, 1.165) is 42.2 Å². The second kappa shape index (κ2) is 8.36. The summed E-state index contributed by atoms with van der Waals surface area (Å²) in [6.45, 7) is 2.53. The van der Waals surface area contributed by atoms with Gasteiger partial charge in [0, 0.05) is 43.2 Å². The normalized spacial score (nSPS) is 10.3. The molecule has 0 aliphatic carbocycles. The Bertz CT molecular complexity index is 711. The Morgan fingerprint density at radius 2 is 2.26 bits per heavy atom. The van der Waals surface area contributed by atoms with Crippen molar-refractivity contribution in [1.82, 2.24) is 25.1 Å². The molecule has 0 amide bonds. The Labute approximate surface area is 141 Å². The number of aromatic amines is 1. The van der Waals surface area contributed by atoms with Crippen LogP contribution in [0.1, 0.15) is 5.56 Å². The van der Waals surface area contributed by atoms with Crippen molar-refractivity contribution in [3.8, 4) is 17.0 Å². The summed E-state index contributed by atoms with van der Waals surface area (Å²) in [6.07, 6.45) is 7.43. The van der Waals surface area contributed by atoms with Crippen LogP contribution >= 0.6 is 12.4 Å². The molecule has 0 saturated heterocycles. The number of nitrogens with zero attached hydrogens (tertiary/aromatic N) is 3. The molecule has 3 rings (SSSR count). The molecule has 0 saturated carbocycles. The summed E-state index contributed by atoms with van der Waals surface area (Å²) in [5, 5.41) is 10.7. The first-order valence-corrected chi connectivity index (χ1v) is 7.20. The van der Waals surface area contributed by atoms with Crippen molar-refractivity contribution in [2.75, 3.05) is 13.7 Å². The summed E-state index contributed by atoms with van der Waals surface area (Å²) in [5.41, 5.74) is 3.23. The number of hydrogen-bond donors (Lipinski definition) is 2. The molecule has 0 aliphatic rings. The van der Waals surface area contributed by atoms with Crippen molar-refractivity contribution in [1.29, 1.82) is 0 Å². The molecule has 23 heavy (non-hydrogen) atoms. The summed E-state index contributed by atoms with van der Waals surface area (Å²) >= 11 is 0. The van der Waals surface area contributed by atoms with Gasteiger partial charge < -0.3 is 14.6 Å². The van der Waals surface area contributed by atoms with Crippen molar-refractivity contribution >= 4 is 12.4 Å². The minimum atomic E-state index is 0. The summed E-state index contributed by atoms with van der Waals surface area (Å²) in [5.74, 6) is 0.839. The lowest BCUT2D eigenvalue weighted by molar-refractivity contribution is 0.415. The molecular formula is C16H20ClN5O. The minimum Gasteiger partial charge on any atom is -0.497 e. The molecule has 0 aliphatic heterocycles. The Kier molecular flexibility index (Phi) is 6.19. The van der Waals surface area contributed by atoms with Gasteiger partial charge in [-0.2, -0.15) is 5.10 Å². The molecule has 3 aromatic rings. The maximum Gasteiger partial charge on any atom is 0.119 e. The lowest BCUT2D eigenvalue weighted by atomic mass is 10.1. The van der Waals surface area contributed by atoms with Gasteiger partial charge in [0.25, 0.3) is 0 Å². The van der Waals surface area contributed by atoms with E-state index in [-0.39, 0.29) is 12.4 Å². The third kappa shape index (κ3) is 4.34. The van der Waals surface area contributed by atoms with Crippen LogP contribution in [-0.4, -0.2) is 33.4 Å². The monoisotopic (exact) mass is 333 g/mol. The number of methoxy groups -OCH3 is 1. The largest absolute Gasteiger partial charge is 0.497 e. The third-order valence-electron chi connectivity index (χ3n) is 3.50. The molecule has 0 bridgehead atoms. The summed E-state index contributed by atoms with van der Waals surface area (Å²) in [7, 11) is 1.67. The van der Waals surface area contributed by atoms with Crippen LogP contribution in [0, 0.1) is 0 Å². The second-order valence-electron chi connectivity index (χ2n) is 4.98. The third-order valence-corrected chi connectivity index (χ3v) is 3.50. The molecule has 122 valence electrons. The van der Waals surface area contributed by atoms with E-state index in [4.69, 9.17) is 4.74 Å². The zero-order valence-electron chi connectivity index (χ0n) is 12.9. The highest BCUT2D eigenvalue weighted by Crippen LogP contribution is 2.24. The van der Waals surface area contributed by atoms with E-state index < -0.39 is 0 Å². The van der Waals surface area contributed by atoms with Gasteiger partial charge in [0.1, 0.15) is 5.75 Å². The van der Waals surface area contributed by atoms with Gasteiger partial charge in [-0.15, -0.1) is 12.4 Å². The maximum atomic E-state index is 5.27. The van der Waals surface area contributed by atoms with Crippen LogP contribution in [0.3, 0.4) is 0 Å². The number of aromatic nitrogens is 4. The smallest absolute Gasteiger partial charge is 0.119 e. The summed E-state index contributed by atoms with van der Waals surface area (Å²) < 4.78 is 7.32. The van der Waals surface area contributed by atoms with E-state index in [0.29, 0.717) is 0 Å². The van der Waals surface area contributed by atoms with Crippen LogP contribution in [0.15, 0.2) is 49.2 Å². The highest BCUT2D eigenvalue weighted by Gasteiger charge is 2.08. The Hall–Kier alpha value is -2.31. The van der Waals surface area contributed by atoms with Gasteiger partial charge in [0.2, 0.25) is 0 Å². The highest BCUT2D eigenvalue weighted by molar-refractivity contribution is 5.85. The van der Waals surface area contributed by atoms with Crippen molar-refractivity contribution in [3.05, 3.63) is 54.7 Å². The fourth-order valence-corrected chi connectivity index (χ4v) is 2.32. The lowest BCUT2D eigenvalue weighted by Crippen LogP contribution is -2.19. The van der Waals surface area contributed by atoms with Crippen LogP contribution in [0.5, 0.6) is 5.75 Å². The first kappa shape index (κ1) is 17.1. The van der Waals surface area contributed by atoms with Gasteiger partial charge in [-0.1, -0.05) is 12.1 Å². The molecule has 6 nitrogen and oxygen atoms in total. The minimum absolute atomic E-state index is 0. The molecule has 7 heteroatoms.